The quantitative estimate of drug-likeness (QED) is 0.862. The van der Waals surface area contributed by atoms with Crippen molar-refractivity contribution < 1.29 is 28.3 Å². The molecule has 144 valence electrons. The predicted molar refractivity (Wildman–Crippen MR) is 94.3 cm³/mol. The maximum Gasteiger partial charge on any atom is 0.339 e. The second-order valence-electron chi connectivity index (χ2n) is 6.67. The Morgan fingerprint density at radius 3 is 2.74 bits per heavy atom. The van der Waals surface area contributed by atoms with Crippen LogP contribution in [0, 0.1) is 6.92 Å². The number of aromatic carboxylic acids is 1. The summed E-state index contributed by atoms with van der Waals surface area (Å²) in [7, 11) is 1.62. The van der Waals surface area contributed by atoms with E-state index in [4.69, 9.17) is 13.9 Å². The van der Waals surface area contributed by atoms with Gasteiger partial charge in [-0.05, 0) is 44.4 Å². The van der Waals surface area contributed by atoms with Crippen LogP contribution in [0.2, 0.25) is 0 Å². The zero-order valence-corrected chi connectivity index (χ0v) is 15.3. The largest absolute Gasteiger partial charge is 0.478 e. The van der Waals surface area contributed by atoms with Crippen LogP contribution in [0.25, 0.3) is 0 Å². The van der Waals surface area contributed by atoms with Crippen LogP contribution in [0.4, 0.5) is 0 Å². The molecule has 2 aromatic heterocycles. The molecule has 8 nitrogen and oxygen atoms in total. The van der Waals surface area contributed by atoms with Gasteiger partial charge in [0.1, 0.15) is 23.1 Å². The second-order valence-corrected chi connectivity index (χ2v) is 6.67. The Hall–Kier alpha value is -3.03. The first-order valence-corrected chi connectivity index (χ1v) is 8.80. The molecule has 27 heavy (non-hydrogen) atoms. The summed E-state index contributed by atoms with van der Waals surface area (Å²) in [4.78, 5) is 39.8. The summed E-state index contributed by atoms with van der Waals surface area (Å²) in [6.45, 7) is 2.19. The highest BCUT2D eigenvalue weighted by Crippen LogP contribution is 2.23. The molecule has 0 bridgehead atoms. The number of rotatable bonds is 5. The Kier molecular flexibility index (Phi) is 5.34. The average Bonchev–Trinajstić information content (AvgIpc) is 3.30. The molecule has 1 atom stereocenters. The first kappa shape index (κ1) is 18.8. The number of furan rings is 2. The van der Waals surface area contributed by atoms with Gasteiger partial charge in [0.15, 0.2) is 5.76 Å². The summed E-state index contributed by atoms with van der Waals surface area (Å²) in [5.41, 5.74) is 0.0816. The number of hydrogen-bond donors (Lipinski definition) is 1. The van der Waals surface area contributed by atoms with E-state index in [-0.39, 0.29) is 29.7 Å². The summed E-state index contributed by atoms with van der Waals surface area (Å²) >= 11 is 0. The maximum absolute atomic E-state index is 13.0. The first-order valence-electron chi connectivity index (χ1n) is 8.80. The molecule has 3 heterocycles. The summed E-state index contributed by atoms with van der Waals surface area (Å²) in [5, 5.41) is 9.12. The van der Waals surface area contributed by atoms with Crippen LogP contribution in [0.5, 0.6) is 0 Å². The molecule has 0 saturated carbocycles. The monoisotopic (exact) mass is 374 g/mol. The van der Waals surface area contributed by atoms with Crippen LogP contribution < -0.4 is 0 Å². The van der Waals surface area contributed by atoms with E-state index in [0.717, 1.165) is 12.8 Å². The van der Waals surface area contributed by atoms with Crippen molar-refractivity contribution >= 4 is 17.8 Å². The molecule has 0 spiro atoms. The van der Waals surface area contributed by atoms with Gasteiger partial charge in [-0.3, -0.25) is 9.59 Å². The highest BCUT2D eigenvalue weighted by Gasteiger charge is 2.35. The van der Waals surface area contributed by atoms with Gasteiger partial charge in [0.25, 0.3) is 5.91 Å². The van der Waals surface area contributed by atoms with E-state index >= 15 is 0 Å². The second kappa shape index (κ2) is 7.69. The number of nitrogens with zero attached hydrogens (tertiary/aromatic N) is 2. The highest BCUT2D eigenvalue weighted by atomic mass is 16.4. The van der Waals surface area contributed by atoms with Crippen molar-refractivity contribution in [1.29, 1.82) is 0 Å². The molecule has 1 saturated heterocycles. The number of piperidine rings is 1. The number of carboxylic acid groups (broad SMARTS) is 1. The van der Waals surface area contributed by atoms with E-state index in [9.17, 15) is 14.4 Å². The van der Waals surface area contributed by atoms with Gasteiger partial charge < -0.3 is 23.7 Å². The highest BCUT2D eigenvalue weighted by molar-refractivity contribution is 5.95. The van der Waals surface area contributed by atoms with E-state index in [1.54, 1.807) is 31.0 Å². The molecule has 1 aliphatic rings. The Morgan fingerprint density at radius 2 is 2.11 bits per heavy atom. The standard InChI is InChI=1S/C19H22N2O6/c1-12-14(19(24)25)10-13(27-12)11-20(2)17(22)15-6-3-4-8-21(15)18(23)16-7-5-9-26-16/h5,7,9-10,15H,3-4,6,8,11H2,1-2H3,(H,24,25). The fraction of sp³-hybridized carbons (Fsp3) is 0.421. The molecule has 1 fully saturated rings. The summed E-state index contributed by atoms with van der Waals surface area (Å²) in [6, 6.07) is 4.07. The summed E-state index contributed by atoms with van der Waals surface area (Å²) in [6.07, 6.45) is 3.70. The van der Waals surface area contributed by atoms with Crippen molar-refractivity contribution in [3.8, 4) is 0 Å². The fourth-order valence-electron chi connectivity index (χ4n) is 3.37. The van der Waals surface area contributed by atoms with Crippen LogP contribution >= 0.6 is 0 Å². The van der Waals surface area contributed by atoms with Gasteiger partial charge in [-0.2, -0.15) is 0 Å². The lowest BCUT2D eigenvalue weighted by atomic mass is 10.0. The van der Waals surface area contributed by atoms with E-state index < -0.39 is 12.0 Å². The minimum absolute atomic E-state index is 0.0816. The number of carboxylic acids is 1. The van der Waals surface area contributed by atoms with Crippen LogP contribution in [0.1, 0.15) is 51.7 Å². The lowest BCUT2D eigenvalue weighted by molar-refractivity contribution is -0.136. The lowest BCUT2D eigenvalue weighted by Gasteiger charge is -2.36. The molecule has 2 amide bonds. The maximum atomic E-state index is 13.0. The molecule has 3 rings (SSSR count). The van der Waals surface area contributed by atoms with Crippen molar-refractivity contribution in [2.45, 2.75) is 38.8 Å². The van der Waals surface area contributed by atoms with Crippen LogP contribution in [0.3, 0.4) is 0 Å². The number of carbonyl (C=O) groups excluding carboxylic acids is 2. The van der Waals surface area contributed by atoms with Gasteiger partial charge in [0.2, 0.25) is 5.91 Å². The number of amides is 2. The van der Waals surface area contributed by atoms with Gasteiger partial charge in [-0.25, -0.2) is 4.79 Å². The molecule has 1 unspecified atom stereocenters. The van der Waals surface area contributed by atoms with Gasteiger partial charge in [0, 0.05) is 13.6 Å². The number of carbonyl (C=O) groups is 3. The van der Waals surface area contributed by atoms with Crippen molar-refractivity contribution in [3.63, 3.8) is 0 Å². The minimum atomic E-state index is -1.07. The number of likely N-dealkylation sites (tertiary alicyclic amines) is 1. The van der Waals surface area contributed by atoms with E-state index in [1.807, 2.05) is 0 Å². The van der Waals surface area contributed by atoms with Crippen molar-refractivity contribution in [2.75, 3.05) is 13.6 Å². The summed E-state index contributed by atoms with van der Waals surface area (Å²) < 4.78 is 10.6. The van der Waals surface area contributed by atoms with Gasteiger partial charge in [-0.15, -0.1) is 0 Å². The Bertz CT molecular complexity index is 839. The first-order chi connectivity index (χ1) is 12.9. The van der Waals surface area contributed by atoms with Crippen LogP contribution in [0.15, 0.2) is 33.3 Å². The van der Waals surface area contributed by atoms with E-state index in [2.05, 4.69) is 0 Å². The Morgan fingerprint density at radius 1 is 1.33 bits per heavy atom. The molecule has 0 radical (unpaired) electrons. The third-order valence-electron chi connectivity index (χ3n) is 4.75. The van der Waals surface area contributed by atoms with Crippen LogP contribution in [-0.4, -0.2) is 52.3 Å². The lowest BCUT2D eigenvalue weighted by Crippen LogP contribution is -2.52. The van der Waals surface area contributed by atoms with Gasteiger partial charge in [-0.1, -0.05) is 0 Å². The minimum Gasteiger partial charge on any atom is -0.478 e. The van der Waals surface area contributed by atoms with Crippen molar-refractivity contribution in [2.24, 2.45) is 0 Å². The molecular formula is C19H22N2O6. The normalized spacial score (nSPS) is 17.0. The molecule has 0 aromatic carbocycles. The Labute approximate surface area is 156 Å². The zero-order valence-electron chi connectivity index (χ0n) is 15.3. The van der Waals surface area contributed by atoms with Crippen LogP contribution in [-0.2, 0) is 11.3 Å². The van der Waals surface area contributed by atoms with Gasteiger partial charge >= 0.3 is 5.97 Å². The molecular weight excluding hydrogens is 352 g/mol. The predicted octanol–water partition coefficient (Wildman–Crippen LogP) is 2.53. The third kappa shape index (κ3) is 3.89. The molecule has 2 aromatic rings. The summed E-state index contributed by atoms with van der Waals surface area (Å²) in [5.74, 6) is -0.677. The zero-order chi connectivity index (χ0) is 19.6. The molecule has 8 heteroatoms. The third-order valence-corrected chi connectivity index (χ3v) is 4.75. The number of likely N-dealkylation sites (N-methyl/N-ethyl adjacent to an activating group) is 1. The topological polar surface area (TPSA) is 104 Å². The SMILES string of the molecule is Cc1oc(CN(C)C(=O)C2CCCCN2C(=O)c2ccco2)cc1C(=O)O. The molecule has 0 aliphatic carbocycles. The smallest absolute Gasteiger partial charge is 0.339 e. The molecule has 1 N–H and O–H groups in total. The van der Waals surface area contributed by atoms with Gasteiger partial charge in [0.05, 0.1) is 12.8 Å². The van der Waals surface area contributed by atoms with E-state index in [1.165, 1.54) is 17.2 Å². The molecule has 1 aliphatic heterocycles. The fourth-order valence-corrected chi connectivity index (χ4v) is 3.37. The van der Waals surface area contributed by atoms with Crippen molar-refractivity contribution in [1.82, 2.24) is 9.80 Å². The average molecular weight is 374 g/mol. The Balaban J connectivity index is 1.73. The number of hydrogen-bond acceptors (Lipinski definition) is 5. The van der Waals surface area contributed by atoms with E-state index in [0.29, 0.717) is 24.5 Å². The van der Waals surface area contributed by atoms with Crippen molar-refractivity contribution in [3.05, 3.63) is 47.3 Å². The number of aryl methyl sites for hydroxylation is 1.